The predicted molar refractivity (Wildman–Crippen MR) is 121 cm³/mol. The van der Waals surface area contributed by atoms with E-state index in [9.17, 15) is 0 Å². The fourth-order valence-corrected chi connectivity index (χ4v) is 6.31. The largest absolute Gasteiger partial charge is 0.300 e. The Morgan fingerprint density at radius 2 is 1.79 bits per heavy atom. The number of rotatable bonds is 3. The van der Waals surface area contributed by atoms with Crippen LogP contribution in [0.15, 0.2) is 60.8 Å². The summed E-state index contributed by atoms with van der Waals surface area (Å²) in [7, 11) is 2.30. The van der Waals surface area contributed by atoms with Crippen molar-refractivity contribution in [3.63, 3.8) is 0 Å². The summed E-state index contributed by atoms with van der Waals surface area (Å²) < 4.78 is 0. The van der Waals surface area contributed by atoms with Crippen LogP contribution >= 0.6 is 35.3 Å². The van der Waals surface area contributed by atoms with Gasteiger partial charge in [0.2, 0.25) is 0 Å². The quantitative estimate of drug-likeness (QED) is 0.463. The molecule has 0 spiro atoms. The highest BCUT2D eigenvalue weighted by atomic mass is 35.5. The van der Waals surface area contributed by atoms with Gasteiger partial charge in [0.25, 0.3) is 0 Å². The molecule has 2 unspecified atom stereocenters. The van der Waals surface area contributed by atoms with Crippen LogP contribution in [0.1, 0.15) is 41.7 Å². The van der Waals surface area contributed by atoms with Crippen molar-refractivity contribution in [3.05, 3.63) is 76.4 Å². The van der Waals surface area contributed by atoms with Gasteiger partial charge in [0.1, 0.15) is 0 Å². The lowest BCUT2D eigenvalue weighted by Crippen LogP contribution is -2.44. The van der Waals surface area contributed by atoms with Crippen molar-refractivity contribution in [2.75, 3.05) is 7.05 Å². The van der Waals surface area contributed by atoms with Crippen LogP contribution in [0.2, 0.25) is 5.02 Å². The first-order chi connectivity index (χ1) is 13.2. The molecule has 2 aliphatic heterocycles. The zero-order chi connectivity index (χ0) is 18.4. The third-order valence-corrected chi connectivity index (χ3v) is 7.83. The van der Waals surface area contributed by atoms with Gasteiger partial charge in [-0.15, -0.1) is 23.7 Å². The van der Waals surface area contributed by atoms with E-state index in [-0.39, 0.29) is 12.4 Å². The minimum atomic E-state index is 0. The molecule has 0 radical (unpaired) electrons. The number of likely N-dealkylation sites (N-methyl/N-ethyl adjacent to an activating group) is 1. The van der Waals surface area contributed by atoms with Crippen LogP contribution in [-0.4, -0.2) is 29.0 Å². The summed E-state index contributed by atoms with van der Waals surface area (Å²) in [5, 5.41) is 2.10. The smallest absolute Gasteiger partial charge is 0.0983 e. The second-order valence-electron chi connectivity index (χ2n) is 7.81. The zero-order valence-electron chi connectivity index (χ0n) is 15.8. The lowest BCUT2D eigenvalue weighted by atomic mass is 9.76. The fraction of sp³-hybridized carbons (Fsp3) is 0.348. The Labute approximate surface area is 182 Å². The van der Waals surface area contributed by atoms with Gasteiger partial charge in [-0.2, -0.15) is 0 Å². The summed E-state index contributed by atoms with van der Waals surface area (Å²) in [6.07, 6.45) is 5.85. The number of hydrogen-bond donors (Lipinski definition) is 0. The van der Waals surface area contributed by atoms with E-state index in [0.29, 0.717) is 23.9 Å². The highest BCUT2D eigenvalue weighted by Crippen LogP contribution is 2.52. The van der Waals surface area contributed by atoms with Crippen LogP contribution < -0.4 is 0 Å². The van der Waals surface area contributed by atoms with Crippen molar-refractivity contribution >= 4 is 35.3 Å². The van der Waals surface area contributed by atoms with Crippen LogP contribution in [0, 0.1) is 0 Å². The van der Waals surface area contributed by atoms with E-state index in [1.165, 1.54) is 40.3 Å². The van der Waals surface area contributed by atoms with Crippen molar-refractivity contribution in [1.82, 2.24) is 9.88 Å². The molecular weight excluding hydrogens is 407 g/mol. The number of nitrogens with zero attached hydrogens (tertiary/aromatic N) is 2. The van der Waals surface area contributed by atoms with Crippen LogP contribution in [0.25, 0.3) is 10.4 Å². The molecule has 4 atom stereocenters. The van der Waals surface area contributed by atoms with Gasteiger partial charge in [-0.25, -0.2) is 4.98 Å². The van der Waals surface area contributed by atoms with E-state index in [1.54, 1.807) is 0 Å². The topological polar surface area (TPSA) is 16.1 Å². The Kier molecular flexibility index (Phi) is 5.80. The normalized spacial score (nSPS) is 26.8. The van der Waals surface area contributed by atoms with Gasteiger partial charge in [-0.3, -0.25) is 4.90 Å². The number of aromatic nitrogens is 1. The summed E-state index contributed by atoms with van der Waals surface area (Å²) in [5.41, 5.74) is 2.67. The molecule has 2 fully saturated rings. The number of benzene rings is 2. The van der Waals surface area contributed by atoms with Gasteiger partial charge >= 0.3 is 0 Å². The van der Waals surface area contributed by atoms with Crippen LogP contribution in [0.4, 0.5) is 0 Å². The Morgan fingerprint density at radius 1 is 1.04 bits per heavy atom. The second-order valence-corrected chi connectivity index (χ2v) is 9.31. The Balaban J connectivity index is 0.00000192. The molecule has 28 heavy (non-hydrogen) atoms. The van der Waals surface area contributed by atoms with Gasteiger partial charge in [-0.05, 0) is 55.5 Å². The number of piperidine rings is 1. The first-order valence-corrected chi connectivity index (χ1v) is 10.9. The molecule has 3 heterocycles. The molecule has 0 aliphatic carbocycles. The van der Waals surface area contributed by atoms with E-state index in [2.05, 4.69) is 60.6 Å². The zero-order valence-corrected chi connectivity index (χ0v) is 18.2. The first kappa shape index (κ1) is 19.9. The molecule has 2 aromatic carbocycles. The molecule has 3 aromatic rings. The van der Waals surface area contributed by atoms with E-state index in [0.717, 1.165) is 5.02 Å². The minimum absolute atomic E-state index is 0. The molecule has 5 rings (SSSR count). The summed E-state index contributed by atoms with van der Waals surface area (Å²) in [6.45, 7) is 0. The highest BCUT2D eigenvalue weighted by Gasteiger charge is 2.47. The number of halogens is 2. The predicted octanol–water partition coefficient (Wildman–Crippen LogP) is 6.62. The second kappa shape index (κ2) is 8.16. The van der Waals surface area contributed by atoms with Crippen LogP contribution in [0.3, 0.4) is 0 Å². The third kappa shape index (κ3) is 3.50. The number of thiazole rings is 1. The average Bonchev–Trinajstić information content (AvgIpc) is 3.26. The minimum Gasteiger partial charge on any atom is -0.300 e. The van der Waals surface area contributed by atoms with Crippen molar-refractivity contribution in [2.24, 2.45) is 0 Å². The molecule has 5 heteroatoms. The lowest BCUT2D eigenvalue weighted by molar-refractivity contribution is 0.137. The van der Waals surface area contributed by atoms with E-state index < -0.39 is 0 Å². The standard InChI is InChI=1S/C23H23ClN2S.ClH/c1-26-18-11-12-20(26)22(19(13-18)15-7-9-17(24)10-8-15)23-25-14-21(27-23)16-5-3-2-4-6-16;/h2-10,14,18-20,22H,11-13H2,1H3;1H/t18?,19-,20?,22+;/m1./s1. The molecule has 2 nitrogen and oxygen atoms in total. The van der Waals surface area contributed by atoms with Gasteiger partial charge in [0.15, 0.2) is 0 Å². The maximum Gasteiger partial charge on any atom is 0.0983 e. The number of fused-ring (bicyclic) bond motifs is 2. The molecule has 0 N–H and O–H groups in total. The number of hydrogen-bond acceptors (Lipinski definition) is 3. The van der Waals surface area contributed by atoms with E-state index >= 15 is 0 Å². The van der Waals surface area contributed by atoms with Crippen molar-refractivity contribution in [2.45, 2.75) is 43.2 Å². The Bertz CT molecular complexity index is 925. The maximum atomic E-state index is 6.15. The van der Waals surface area contributed by atoms with Gasteiger partial charge in [0.05, 0.1) is 9.88 Å². The highest BCUT2D eigenvalue weighted by molar-refractivity contribution is 7.15. The van der Waals surface area contributed by atoms with Crippen molar-refractivity contribution in [1.29, 1.82) is 0 Å². The molecule has 146 valence electrons. The Hall–Kier alpha value is -1.39. The lowest BCUT2D eigenvalue weighted by Gasteiger charge is -2.42. The van der Waals surface area contributed by atoms with Crippen LogP contribution in [-0.2, 0) is 0 Å². The summed E-state index contributed by atoms with van der Waals surface area (Å²) in [4.78, 5) is 8.81. The van der Waals surface area contributed by atoms with E-state index in [4.69, 9.17) is 16.6 Å². The fourth-order valence-electron chi connectivity index (χ4n) is 5.03. The van der Waals surface area contributed by atoms with Crippen molar-refractivity contribution < 1.29 is 0 Å². The molecule has 0 amide bonds. The third-order valence-electron chi connectivity index (χ3n) is 6.43. The van der Waals surface area contributed by atoms with Gasteiger partial charge in [0, 0.05) is 29.2 Å². The summed E-state index contributed by atoms with van der Waals surface area (Å²) in [5.74, 6) is 0.975. The molecule has 2 bridgehead atoms. The summed E-state index contributed by atoms with van der Waals surface area (Å²) >= 11 is 8.02. The van der Waals surface area contributed by atoms with Crippen LogP contribution in [0.5, 0.6) is 0 Å². The molecular formula is C23H24Cl2N2S. The monoisotopic (exact) mass is 430 g/mol. The molecule has 1 aromatic heterocycles. The Morgan fingerprint density at radius 3 is 2.54 bits per heavy atom. The first-order valence-electron chi connectivity index (χ1n) is 9.69. The maximum absolute atomic E-state index is 6.15. The van der Waals surface area contributed by atoms with Gasteiger partial charge in [-0.1, -0.05) is 54.1 Å². The molecule has 2 saturated heterocycles. The SMILES string of the molecule is CN1C2CCC1[C@@H](c1ncc(-c3ccccc3)s1)[C@@H](c1ccc(Cl)cc1)C2.Cl. The molecule has 0 saturated carbocycles. The summed E-state index contributed by atoms with van der Waals surface area (Å²) in [6, 6.07) is 20.4. The average molecular weight is 431 g/mol. The van der Waals surface area contributed by atoms with Gasteiger partial charge < -0.3 is 0 Å². The van der Waals surface area contributed by atoms with Crippen molar-refractivity contribution in [3.8, 4) is 10.4 Å². The molecule has 2 aliphatic rings. The van der Waals surface area contributed by atoms with E-state index in [1.807, 2.05) is 23.5 Å².